The zero-order chi connectivity index (χ0) is 10.7. The van der Waals surface area contributed by atoms with Gasteiger partial charge in [0.15, 0.2) is 5.82 Å². The van der Waals surface area contributed by atoms with Crippen LogP contribution in [-0.2, 0) is 4.74 Å². The van der Waals surface area contributed by atoms with E-state index in [2.05, 4.69) is 20.3 Å². The lowest BCUT2D eigenvalue weighted by molar-refractivity contribution is 0.177. The Kier molecular flexibility index (Phi) is 2.75. The largest absolute Gasteiger partial charge is 0.383 e. The topological polar surface area (TPSA) is 103 Å². The van der Waals surface area contributed by atoms with Crippen LogP contribution in [0, 0.1) is 0 Å². The smallest absolute Gasteiger partial charge is 0.261 e. The van der Waals surface area contributed by atoms with E-state index in [0.717, 1.165) is 5.56 Å². The van der Waals surface area contributed by atoms with Crippen LogP contribution in [0.15, 0.2) is 16.9 Å². The zero-order valence-corrected chi connectivity index (χ0v) is 8.17. The van der Waals surface area contributed by atoms with Gasteiger partial charge in [0.2, 0.25) is 0 Å². The van der Waals surface area contributed by atoms with Crippen molar-refractivity contribution in [2.45, 2.75) is 6.04 Å². The number of hydrogen-bond donors (Lipinski definition) is 2. The second kappa shape index (κ2) is 4.20. The lowest BCUT2D eigenvalue weighted by atomic mass is 10.3. The lowest BCUT2D eigenvalue weighted by Crippen LogP contribution is -2.17. The van der Waals surface area contributed by atoms with Crippen LogP contribution >= 0.6 is 0 Å². The number of aromatic nitrogens is 4. The molecular weight excluding hydrogens is 198 g/mol. The first-order valence-electron chi connectivity index (χ1n) is 4.38. The van der Waals surface area contributed by atoms with Crippen molar-refractivity contribution >= 4 is 0 Å². The summed E-state index contributed by atoms with van der Waals surface area (Å²) in [5.74, 6) is 0.818. The Morgan fingerprint density at radius 3 is 3.20 bits per heavy atom. The maximum atomic E-state index is 5.74. The second-order valence-electron chi connectivity index (χ2n) is 3.01. The molecule has 0 fully saturated rings. The Labute approximate surface area is 85.6 Å². The second-order valence-corrected chi connectivity index (χ2v) is 3.01. The van der Waals surface area contributed by atoms with E-state index in [4.69, 9.17) is 15.0 Å². The lowest BCUT2D eigenvalue weighted by Gasteiger charge is -2.02. The molecule has 0 amide bonds. The van der Waals surface area contributed by atoms with Crippen LogP contribution in [0.25, 0.3) is 11.5 Å². The Morgan fingerprint density at radius 1 is 1.67 bits per heavy atom. The summed E-state index contributed by atoms with van der Waals surface area (Å²) in [4.78, 5) is 4.13. The fourth-order valence-corrected chi connectivity index (χ4v) is 1.12. The van der Waals surface area contributed by atoms with Gasteiger partial charge in [-0.25, -0.2) is 0 Å². The fraction of sp³-hybridized carbons (Fsp3) is 0.375. The molecule has 7 heteroatoms. The average molecular weight is 209 g/mol. The summed E-state index contributed by atoms with van der Waals surface area (Å²) < 4.78 is 9.91. The molecule has 7 nitrogen and oxygen atoms in total. The van der Waals surface area contributed by atoms with Gasteiger partial charge in [-0.2, -0.15) is 10.1 Å². The molecular formula is C8H11N5O2. The molecule has 0 saturated carbocycles. The van der Waals surface area contributed by atoms with Crippen molar-refractivity contribution in [2.24, 2.45) is 5.73 Å². The quantitative estimate of drug-likeness (QED) is 0.740. The highest BCUT2D eigenvalue weighted by Crippen LogP contribution is 2.16. The number of H-pyrrole nitrogens is 1. The molecule has 2 aromatic rings. The van der Waals surface area contributed by atoms with Crippen LogP contribution in [-0.4, -0.2) is 34.1 Å². The SMILES string of the molecule is COCC(N)c1noc(-c2cn[nH]c2)n1. The van der Waals surface area contributed by atoms with Gasteiger partial charge in [-0.1, -0.05) is 5.16 Å². The molecule has 0 spiro atoms. The maximum Gasteiger partial charge on any atom is 0.261 e. The van der Waals surface area contributed by atoms with E-state index in [1.54, 1.807) is 19.5 Å². The Balaban J connectivity index is 2.17. The van der Waals surface area contributed by atoms with Gasteiger partial charge in [0.1, 0.15) is 0 Å². The highest BCUT2D eigenvalue weighted by atomic mass is 16.5. The molecule has 0 saturated heterocycles. The van der Waals surface area contributed by atoms with E-state index in [-0.39, 0.29) is 6.04 Å². The third kappa shape index (κ3) is 2.03. The van der Waals surface area contributed by atoms with E-state index in [9.17, 15) is 0 Å². The molecule has 15 heavy (non-hydrogen) atoms. The molecule has 0 aliphatic heterocycles. The van der Waals surface area contributed by atoms with Gasteiger partial charge in [-0.3, -0.25) is 5.10 Å². The predicted molar refractivity (Wildman–Crippen MR) is 50.7 cm³/mol. The number of nitrogens with one attached hydrogen (secondary N) is 1. The number of hydrogen-bond acceptors (Lipinski definition) is 6. The van der Waals surface area contributed by atoms with Crippen molar-refractivity contribution in [1.82, 2.24) is 20.3 Å². The Bertz CT molecular complexity index is 410. The van der Waals surface area contributed by atoms with Crippen molar-refractivity contribution in [3.63, 3.8) is 0 Å². The molecule has 1 unspecified atom stereocenters. The van der Waals surface area contributed by atoms with Crippen LogP contribution in [0.2, 0.25) is 0 Å². The van der Waals surface area contributed by atoms with Crippen molar-refractivity contribution in [2.75, 3.05) is 13.7 Å². The van der Waals surface area contributed by atoms with Gasteiger partial charge in [-0.05, 0) is 0 Å². The number of ether oxygens (including phenoxy) is 1. The summed E-state index contributed by atoms with van der Waals surface area (Å²) in [6.45, 7) is 0.352. The molecule has 0 aliphatic carbocycles. The minimum Gasteiger partial charge on any atom is -0.383 e. The van der Waals surface area contributed by atoms with E-state index < -0.39 is 0 Å². The summed E-state index contributed by atoms with van der Waals surface area (Å²) in [5.41, 5.74) is 6.47. The first-order valence-corrected chi connectivity index (χ1v) is 4.38. The molecule has 2 rings (SSSR count). The fourth-order valence-electron chi connectivity index (χ4n) is 1.12. The predicted octanol–water partition coefficient (Wildman–Crippen LogP) is 0.106. The Morgan fingerprint density at radius 2 is 2.53 bits per heavy atom. The summed E-state index contributed by atoms with van der Waals surface area (Å²) in [5, 5.41) is 10.2. The standard InChI is InChI=1S/C8H11N5O2/c1-14-4-6(9)7-12-8(15-13-7)5-2-10-11-3-5/h2-3,6H,4,9H2,1H3,(H,10,11). The van der Waals surface area contributed by atoms with E-state index >= 15 is 0 Å². The number of methoxy groups -OCH3 is 1. The van der Waals surface area contributed by atoms with Gasteiger partial charge >= 0.3 is 0 Å². The molecule has 2 heterocycles. The first kappa shape index (κ1) is 9.81. The summed E-state index contributed by atoms with van der Waals surface area (Å²) in [6, 6.07) is -0.376. The normalized spacial score (nSPS) is 12.9. The molecule has 3 N–H and O–H groups in total. The van der Waals surface area contributed by atoms with Crippen molar-refractivity contribution in [3.05, 3.63) is 18.2 Å². The first-order chi connectivity index (χ1) is 7.31. The van der Waals surface area contributed by atoms with Gasteiger partial charge in [0.05, 0.1) is 24.4 Å². The summed E-state index contributed by atoms with van der Waals surface area (Å²) in [6.07, 6.45) is 3.26. The molecule has 0 radical (unpaired) electrons. The Hall–Kier alpha value is -1.73. The van der Waals surface area contributed by atoms with E-state index in [0.29, 0.717) is 18.3 Å². The van der Waals surface area contributed by atoms with Crippen molar-refractivity contribution in [1.29, 1.82) is 0 Å². The molecule has 1 atom stereocenters. The molecule has 80 valence electrons. The molecule has 2 aromatic heterocycles. The number of nitrogens with zero attached hydrogens (tertiary/aromatic N) is 3. The van der Waals surface area contributed by atoms with E-state index in [1.165, 1.54) is 0 Å². The summed E-state index contributed by atoms with van der Waals surface area (Å²) >= 11 is 0. The van der Waals surface area contributed by atoms with Crippen molar-refractivity contribution in [3.8, 4) is 11.5 Å². The van der Waals surface area contributed by atoms with Crippen LogP contribution in [0.4, 0.5) is 0 Å². The molecule has 0 aliphatic rings. The van der Waals surface area contributed by atoms with Gasteiger partial charge < -0.3 is 15.0 Å². The third-order valence-electron chi connectivity index (χ3n) is 1.86. The average Bonchev–Trinajstić information content (AvgIpc) is 2.89. The van der Waals surface area contributed by atoms with Gasteiger partial charge in [-0.15, -0.1) is 0 Å². The van der Waals surface area contributed by atoms with Gasteiger partial charge in [0.25, 0.3) is 5.89 Å². The maximum absolute atomic E-state index is 5.74. The zero-order valence-electron chi connectivity index (χ0n) is 8.17. The minimum atomic E-state index is -0.376. The number of nitrogens with two attached hydrogens (primary N) is 1. The highest BCUT2D eigenvalue weighted by molar-refractivity contribution is 5.49. The van der Waals surface area contributed by atoms with Crippen LogP contribution in [0.3, 0.4) is 0 Å². The molecule has 0 bridgehead atoms. The van der Waals surface area contributed by atoms with Crippen LogP contribution < -0.4 is 5.73 Å². The monoisotopic (exact) mass is 209 g/mol. The molecule has 0 aromatic carbocycles. The van der Waals surface area contributed by atoms with Gasteiger partial charge in [0, 0.05) is 13.3 Å². The summed E-state index contributed by atoms with van der Waals surface area (Å²) in [7, 11) is 1.57. The van der Waals surface area contributed by atoms with Crippen LogP contribution in [0.5, 0.6) is 0 Å². The van der Waals surface area contributed by atoms with Crippen LogP contribution in [0.1, 0.15) is 11.9 Å². The number of aromatic amines is 1. The highest BCUT2D eigenvalue weighted by Gasteiger charge is 2.15. The van der Waals surface area contributed by atoms with E-state index in [1.807, 2.05) is 0 Å². The van der Waals surface area contributed by atoms with Crippen molar-refractivity contribution < 1.29 is 9.26 Å². The third-order valence-corrected chi connectivity index (χ3v) is 1.86. The minimum absolute atomic E-state index is 0.352. The number of rotatable bonds is 4.